The minimum absolute atomic E-state index is 0.110. The van der Waals surface area contributed by atoms with Gasteiger partial charge in [-0.25, -0.2) is 0 Å². The molecule has 19 heavy (non-hydrogen) atoms. The van der Waals surface area contributed by atoms with Crippen LogP contribution in [0.3, 0.4) is 0 Å². The Balaban J connectivity index is 1.65. The smallest absolute Gasteiger partial charge is 0.224 e. The van der Waals surface area contributed by atoms with Crippen LogP contribution in [0.5, 0.6) is 0 Å². The first-order valence-corrected chi connectivity index (χ1v) is 7.03. The van der Waals surface area contributed by atoms with Crippen LogP contribution in [0.2, 0.25) is 0 Å². The van der Waals surface area contributed by atoms with Gasteiger partial charge in [-0.05, 0) is 32.0 Å². The van der Waals surface area contributed by atoms with E-state index in [1.54, 1.807) is 0 Å². The normalized spacial score (nSPS) is 16.3. The fourth-order valence-electron chi connectivity index (χ4n) is 2.26. The molecule has 4 heteroatoms. The number of carbonyl (C=O) groups excluding carboxylic acids is 1. The topological polar surface area (TPSA) is 44.4 Å². The molecule has 104 valence electrons. The molecule has 0 saturated carbocycles. The predicted octanol–water partition coefficient (Wildman–Crippen LogP) is 1.62. The Hall–Kier alpha value is -1.39. The van der Waals surface area contributed by atoms with E-state index in [2.05, 4.69) is 15.5 Å². The van der Waals surface area contributed by atoms with E-state index in [1.165, 1.54) is 5.56 Å². The molecule has 1 aliphatic rings. The van der Waals surface area contributed by atoms with Crippen LogP contribution in [0.4, 0.5) is 5.69 Å². The molecule has 1 aliphatic heterocycles. The fraction of sp³-hybridized carbons (Fsp3) is 0.533. The number of hydrogen-bond acceptors (Lipinski definition) is 3. The SMILES string of the molecule is Cc1ccc(NC(=O)CCCN2CCNCC2)cc1. The van der Waals surface area contributed by atoms with Gasteiger partial charge in [0.2, 0.25) is 5.91 Å². The lowest BCUT2D eigenvalue weighted by Gasteiger charge is -2.26. The molecule has 1 fully saturated rings. The van der Waals surface area contributed by atoms with Gasteiger partial charge in [0.15, 0.2) is 0 Å². The van der Waals surface area contributed by atoms with Crippen LogP contribution < -0.4 is 10.6 Å². The van der Waals surface area contributed by atoms with Crippen molar-refractivity contribution in [1.82, 2.24) is 10.2 Å². The molecule has 2 N–H and O–H groups in total. The van der Waals surface area contributed by atoms with Crippen molar-refractivity contribution < 1.29 is 4.79 Å². The van der Waals surface area contributed by atoms with Gasteiger partial charge in [0, 0.05) is 38.3 Å². The molecule has 1 aromatic rings. The van der Waals surface area contributed by atoms with E-state index in [0.29, 0.717) is 6.42 Å². The predicted molar refractivity (Wildman–Crippen MR) is 78.4 cm³/mol. The second-order valence-electron chi connectivity index (χ2n) is 5.11. The monoisotopic (exact) mass is 261 g/mol. The molecule has 0 bridgehead atoms. The van der Waals surface area contributed by atoms with Crippen LogP contribution >= 0.6 is 0 Å². The Morgan fingerprint density at radius 1 is 1.26 bits per heavy atom. The van der Waals surface area contributed by atoms with Gasteiger partial charge in [0.25, 0.3) is 0 Å². The van der Waals surface area contributed by atoms with Crippen molar-refractivity contribution in [3.63, 3.8) is 0 Å². The third-order valence-electron chi connectivity index (χ3n) is 3.42. The van der Waals surface area contributed by atoms with Gasteiger partial charge in [-0.2, -0.15) is 0 Å². The van der Waals surface area contributed by atoms with Gasteiger partial charge >= 0.3 is 0 Å². The van der Waals surface area contributed by atoms with E-state index in [1.807, 2.05) is 31.2 Å². The first-order valence-electron chi connectivity index (χ1n) is 7.03. The molecule has 2 rings (SSSR count). The number of benzene rings is 1. The van der Waals surface area contributed by atoms with E-state index in [4.69, 9.17) is 0 Å². The van der Waals surface area contributed by atoms with Crippen LogP contribution in [0.15, 0.2) is 24.3 Å². The third-order valence-corrected chi connectivity index (χ3v) is 3.42. The summed E-state index contributed by atoms with van der Waals surface area (Å²) in [5, 5.41) is 6.27. The first-order chi connectivity index (χ1) is 9.24. The highest BCUT2D eigenvalue weighted by Crippen LogP contribution is 2.09. The minimum atomic E-state index is 0.110. The maximum absolute atomic E-state index is 11.8. The van der Waals surface area contributed by atoms with Crippen molar-refractivity contribution in [2.24, 2.45) is 0 Å². The van der Waals surface area contributed by atoms with Crippen LogP contribution in [0.1, 0.15) is 18.4 Å². The second kappa shape index (κ2) is 7.26. The molecule has 0 atom stereocenters. The first kappa shape index (κ1) is 14.0. The van der Waals surface area contributed by atoms with Gasteiger partial charge < -0.3 is 15.5 Å². The van der Waals surface area contributed by atoms with Crippen molar-refractivity contribution in [2.75, 3.05) is 38.0 Å². The molecule has 1 saturated heterocycles. The zero-order valence-electron chi connectivity index (χ0n) is 11.6. The van der Waals surface area contributed by atoms with Gasteiger partial charge in [-0.15, -0.1) is 0 Å². The van der Waals surface area contributed by atoms with Gasteiger partial charge in [-0.1, -0.05) is 17.7 Å². The average molecular weight is 261 g/mol. The number of rotatable bonds is 5. The van der Waals surface area contributed by atoms with Crippen molar-refractivity contribution in [3.05, 3.63) is 29.8 Å². The van der Waals surface area contributed by atoms with Gasteiger partial charge in [-0.3, -0.25) is 4.79 Å². The maximum Gasteiger partial charge on any atom is 0.224 e. The molecule has 0 spiro atoms. The zero-order chi connectivity index (χ0) is 13.5. The quantitative estimate of drug-likeness (QED) is 0.846. The Morgan fingerprint density at radius 2 is 1.95 bits per heavy atom. The molecule has 4 nitrogen and oxygen atoms in total. The molecule has 0 radical (unpaired) electrons. The number of amides is 1. The summed E-state index contributed by atoms with van der Waals surface area (Å²) < 4.78 is 0. The van der Waals surface area contributed by atoms with Crippen LogP contribution in [-0.2, 0) is 4.79 Å². The number of nitrogens with one attached hydrogen (secondary N) is 2. The largest absolute Gasteiger partial charge is 0.326 e. The van der Waals surface area contributed by atoms with Crippen molar-refractivity contribution >= 4 is 11.6 Å². The van der Waals surface area contributed by atoms with E-state index in [9.17, 15) is 4.79 Å². The highest BCUT2D eigenvalue weighted by molar-refractivity contribution is 5.90. The lowest BCUT2D eigenvalue weighted by Crippen LogP contribution is -2.43. The summed E-state index contributed by atoms with van der Waals surface area (Å²) >= 11 is 0. The fourth-order valence-corrected chi connectivity index (χ4v) is 2.26. The highest BCUT2D eigenvalue weighted by Gasteiger charge is 2.09. The van der Waals surface area contributed by atoms with E-state index in [0.717, 1.165) is 44.8 Å². The highest BCUT2D eigenvalue weighted by atomic mass is 16.1. The summed E-state index contributed by atoms with van der Waals surface area (Å²) in [5.41, 5.74) is 2.09. The Morgan fingerprint density at radius 3 is 2.63 bits per heavy atom. The number of aryl methyl sites for hydroxylation is 1. The molecule has 0 aliphatic carbocycles. The summed E-state index contributed by atoms with van der Waals surface area (Å²) in [6.07, 6.45) is 1.52. The zero-order valence-corrected chi connectivity index (χ0v) is 11.6. The summed E-state index contributed by atoms with van der Waals surface area (Å²) in [5.74, 6) is 0.110. The molecule has 1 amide bonds. The van der Waals surface area contributed by atoms with E-state index in [-0.39, 0.29) is 5.91 Å². The number of piperazine rings is 1. The van der Waals surface area contributed by atoms with E-state index >= 15 is 0 Å². The van der Waals surface area contributed by atoms with Gasteiger partial charge in [0.1, 0.15) is 0 Å². The second-order valence-corrected chi connectivity index (χ2v) is 5.11. The third kappa shape index (κ3) is 5.01. The van der Waals surface area contributed by atoms with Crippen molar-refractivity contribution in [3.8, 4) is 0 Å². The minimum Gasteiger partial charge on any atom is -0.326 e. The van der Waals surface area contributed by atoms with Crippen molar-refractivity contribution in [1.29, 1.82) is 0 Å². The molecule has 1 aromatic carbocycles. The summed E-state index contributed by atoms with van der Waals surface area (Å²) in [4.78, 5) is 14.2. The molecular formula is C15H23N3O. The Kier molecular flexibility index (Phi) is 5.36. The molecule has 1 heterocycles. The number of carbonyl (C=O) groups is 1. The number of nitrogens with zero attached hydrogens (tertiary/aromatic N) is 1. The summed E-state index contributed by atoms with van der Waals surface area (Å²) in [7, 11) is 0. The lowest BCUT2D eigenvalue weighted by atomic mass is 10.2. The Labute approximate surface area is 115 Å². The maximum atomic E-state index is 11.8. The number of anilines is 1. The Bertz CT molecular complexity index is 396. The van der Waals surface area contributed by atoms with Crippen LogP contribution in [0, 0.1) is 6.92 Å². The van der Waals surface area contributed by atoms with Gasteiger partial charge in [0.05, 0.1) is 0 Å². The molecular weight excluding hydrogens is 238 g/mol. The average Bonchev–Trinajstić information content (AvgIpc) is 2.43. The molecule has 0 unspecified atom stereocenters. The molecule has 0 aromatic heterocycles. The van der Waals surface area contributed by atoms with Crippen LogP contribution in [-0.4, -0.2) is 43.5 Å². The summed E-state index contributed by atoms with van der Waals surface area (Å²) in [6, 6.07) is 7.92. The van der Waals surface area contributed by atoms with E-state index < -0.39 is 0 Å². The number of hydrogen-bond donors (Lipinski definition) is 2. The van der Waals surface area contributed by atoms with Crippen molar-refractivity contribution in [2.45, 2.75) is 19.8 Å². The lowest BCUT2D eigenvalue weighted by molar-refractivity contribution is -0.116. The standard InChI is InChI=1S/C15H23N3O/c1-13-4-6-14(7-5-13)17-15(19)3-2-10-18-11-8-16-9-12-18/h4-7,16H,2-3,8-12H2,1H3,(H,17,19). The van der Waals surface area contributed by atoms with Crippen LogP contribution in [0.25, 0.3) is 0 Å². The summed E-state index contributed by atoms with van der Waals surface area (Å²) in [6.45, 7) is 7.38.